The van der Waals surface area contributed by atoms with Crippen LogP contribution in [0.4, 0.5) is 11.4 Å². The number of aliphatic hydroxyl groups excluding tert-OH is 1. The van der Waals surface area contributed by atoms with Crippen LogP contribution in [0.15, 0.2) is 42.5 Å². The number of rotatable bonds is 11. The van der Waals surface area contributed by atoms with E-state index in [2.05, 4.69) is 0 Å². The van der Waals surface area contributed by atoms with Crippen LogP contribution in [0.25, 0.3) is 0 Å². The van der Waals surface area contributed by atoms with Crippen molar-refractivity contribution < 1.29 is 19.6 Å². The molecule has 1 amide bonds. The highest BCUT2D eigenvalue weighted by Crippen LogP contribution is 2.34. The number of anilines is 1. The zero-order valence-electron chi connectivity index (χ0n) is 17.8. The maximum absolute atomic E-state index is 12.2. The van der Waals surface area contributed by atoms with Gasteiger partial charge in [0, 0.05) is 30.8 Å². The number of hydrogen-bond donors (Lipinski definition) is 1. The number of nitro groups is 1. The Morgan fingerprint density at radius 2 is 1.80 bits per heavy atom. The lowest BCUT2D eigenvalue weighted by Gasteiger charge is -2.17. The Kier molecular flexibility index (Phi) is 8.80. The van der Waals surface area contributed by atoms with Crippen molar-refractivity contribution in [2.24, 2.45) is 0 Å². The van der Waals surface area contributed by atoms with Crippen molar-refractivity contribution >= 4 is 17.3 Å². The second-order valence-corrected chi connectivity index (χ2v) is 7.36. The molecular weight excluding hydrogens is 384 g/mol. The van der Waals surface area contributed by atoms with E-state index in [4.69, 9.17) is 4.74 Å². The molecule has 0 aliphatic rings. The Bertz CT molecular complexity index is 852. The lowest BCUT2D eigenvalue weighted by Crippen LogP contribution is -2.25. The van der Waals surface area contributed by atoms with Gasteiger partial charge in [-0.15, -0.1) is 0 Å². The van der Waals surface area contributed by atoms with Crippen LogP contribution in [0.1, 0.15) is 56.3 Å². The van der Waals surface area contributed by atoms with E-state index in [0.717, 1.165) is 31.4 Å². The summed E-state index contributed by atoms with van der Waals surface area (Å²) < 4.78 is 5.78. The van der Waals surface area contributed by atoms with Crippen LogP contribution in [0.2, 0.25) is 0 Å². The fourth-order valence-electron chi connectivity index (χ4n) is 3.41. The number of ether oxygens (including phenoxy) is 1. The van der Waals surface area contributed by atoms with Gasteiger partial charge < -0.3 is 14.7 Å². The van der Waals surface area contributed by atoms with Gasteiger partial charge >= 0.3 is 0 Å². The molecule has 0 spiro atoms. The van der Waals surface area contributed by atoms with Crippen molar-refractivity contribution in [2.45, 2.75) is 52.1 Å². The highest BCUT2D eigenvalue weighted by atomic mass is 16.6. The van der Waals surface area contributed by atoms with Crippen LogP contribution in [0, 0.1) is 17.0 Å². The minimum absolute atomic E-state index is 0.0972. The number of para-hydroxylation sites is 1. The molecule has 30 heavy (non-hydrogen) atoms. The Labute approximate surface area is 177 Å². The van der Waals surface area contributed by atoms with Crippen molar-refractivity contribution in [1.29, 1.82) is 0 Å². The number of amides is 1. The number of nitro benzene ring substituents is 1. The van der Waals surface area contributed by atoms with E-state index in [1.165, 1.54) is 13.0 Å². The second kappa shape index (κ2) is 11.3. The van der Waals surface area contributed by atoms with Gasteiger partial charge in [-0.25, -0.2) is 0 Å². The topological polar surface area (TPSA) is 92.9 Å². The average Bonchev–Trinajstić information content (AvgIpc) is 2.73. The third kappa shape index (κ3) is 6.29. The molecule has 0 aromatic heterocycles. The van der Waals surface area contributed by atoms with Gasteiger partial charge in [0.2, 0.25) is 5.91 Å². The SMILES string of the molecule is Cc1c(OCCCCCCC(=O)N(C)c2ccccc2)ccc([N+](=O)[O-])c1C(C)O. The minimum atomic E-state index is -0.944. The molecule has 0 fully saturated rings. The Balaban J connectivity index is 1.73. The maximum atomic E-state index is 12.2. The predicted octanol–water partition coefficient (Wildman–Crippen LogP) is 4.95. The summed E-state index contributed by atoms with van der Waals surface area (Å²) in [5, 5.41) is 21.0. The summed E-state index contributed by atoms with van der Waals surface area (Å²) in [6.07, 6.45) is 3.06. The Morgan fingerprint density at radius 1 is 1.13 bits per heavy atom. The van der Waals surface area contributed by atoms with Crippen molar-refractivity contribution in [3.05, 3.63) is 63.7 Å². The standard InChI is InChI=1S/C23H30N2O5/c1-17-21(15-14-20(25(28)29)23(17)18(2)26)30-16-10-5-4-9-13-22(27)24(3)19-11-7-6-8-12-19/h6-8,11-12,14-15,18,26H,4-5,9-10,13,16H2,1-3H3. The van der Waals surface area contributed by atoms with E-state index in [1.54, 1.807) is 24.9 Å². The second-order valence-electron chi connectivity index (χ2n) is 7.36. The maximum Gasteiger partial charge on any atom is 0.275 e. The first-order valence-corrected chi connectivity index (χ1v) is 10.2. The van der Waals surface area contributed by atoms with Gasteiger partial charge in [0.25, 0.3) is 5.69 Å². The van der Waals surface area contributed by atoms with Crippen LogP contribution < -0.4 is 9.64 Å². The first-order valence-electron chi connectivity index (χ1n) is 10.2. The number of carbonyl (C=O) groups excluding carboxylic acids is 1. The smallest absolute Gasteiger partial charge is 0.275 e. The van der Waals surface area contributed by atoms with Gasteiger partial charge in [0.05, 0.1) is 23.2 Å². The highest BCUT2D eigenvalue weighted by molar-refractivity contribution is 5.92. The molecule has 0 heterocycles. The molecule has 0 aliphatic carbocycles. The van der Waals surface area contributed by atoms with Crippen LogP contribution in [-0.2, 0) is 4.79 Å². The molecule has 7 heteroatoms. The van der Waals surface area contributed by atoms with Gasteiger partial charge in [0.1, 0.15) is 5.75 Å². The Hall–Kier alpha value is -2.93. The fourth-order valence-corrected chi connectivity index (χ4v) is 3.41. The number of hydrogen-bond acceptors (Lipinski definition) is 5. The monoisotopic (exact) mass is 414 g/mol. The fraction of sp³-hybridized carbons (Fsp3) is 0.435. The molecule has 2 aromatic rings. The molecule has 1 atom stereocenters. The quantitative estimate of drug-likeness (QED) is 0.319. The molecule has 0 saturated heterocycles. The van der Waals surface area contributed by atoms with Gasteiger partial charge in [-0.3, -0.25) is 14.9 Å². The van der Waals surface area contributed by atoms with Crippen molar-refractivity contribution in [3.8, 4) is 5.75 Å². The highest BCUT2D eigenvalue weighted by Gasteiger charge is 2.22. The summed E-state index contributed by atoms with van der Waals surface area (Å²) in [6.45, 7) is 3.71. The zero-order chi connectivity index (χ0) is 22.1. The summed E-state index contributed by atoms with van der Waals surface area (Å²) in [5.74, 6) is 0.653. The summed E-state index contributed by atoms with van der Waals surface area (Å²) in [6, 6.07) is 12.5. The first kappa shape index (κ1) is 23.3. The number of nitrogens with zero attached hydrogens (tertiary/aromatic N) is 2. The van der Waals surface area contributed by atoms with Crippen molar-refractivity contribution in [1.82, 2.24) is 0 Å². The number of benzene rings is 2. The molecule has 2 rings (SSSR count). The van der Waals surface area contributed by atoms with Crippen LogP contribution in [-0.4, -0.2) is 29.6 Å². The summed E-state index contributed by atoms with van der Waals surface area (Å²) in [5.41, 5.74) is 1.68. The molecule has 0 saturated carbocycles. The van der Waals surface area contributed by atoms with Crippen molar-refractivity contribution in [2.75, 3.05) is 18.6 Å². The molecule has 7 nitrogen and oxygen atoms in total. The Morgan fingerprint density at radius 3 is 2.43 bits per heavy atom. The summed E-state index contributed by atoms with van der Waals surface area (Å²) >= 11 is 0. The van der Waals surface area contributed by atoms with Crippen LogP contribution in [0.3, 0.4) is 0 Å². The molecule has 0 aliphatic heterocycles. The zero-order valence-corrected chi connectivity index (χ0v) is 17.8. The van der Waals surface area contributed by atoms with Crippen molar-refractivity contribution in [3.63, 3.8) is 0 Å². The summed E-state index contributed by atoms with van der Waals surface area (Å²) in [7, 11) is 1.79. The normalized spacial score (nSPS) is 11.7. The third-order valence-corrected chi connectivity index (χ3v) is 5.12. The number of unbranched alkanes of at least 4 members (excludes halogenated alkanes) is 3. The minimum Gasteiger partial charge on any atom is -0.493 e. The molecule has 2 aromatic carbocycles. The van der Waals surface area contributed by atoms with E-state index >= 15 is 0 Å². The lowest BCUT2D eigenvalue weighted by molar-refractivity contribution is -0.386. The van der Waals surface area contributed by atoms with Gasteiger partial charge in [-0.2, -0.15) is 0 Å². The van der Waals surface area contributed by atoms with E-state index in [9.17, 15) is 20.0 Å². The van der Waals surface area contributed by atoms with E-state index < -0.39 is 11.0 Å². The molecule has 0 radical (unpaired) electrons. The van der Waals surface area contributed by atoms with Crippen LogP contribution >= 0.6 is 0 Å². The average molecular weight is 415 g/mol. The largest absolute Gasteiger partial charge is 0.493 e. The number of carbonyl (C=O) groups is 1. The van der Waals surface area contributed by atoms with Gasteiger partial charge in [-0.1, -0.05) is 31.0 Å². The molecule has 1 unspecified atom stereocenters. The number of aliphatic hydroxyl groups is 1. The van der Waals surface area contributed by atoms with E-state index in [1.807, 2.05) is 30.3 Å². The third-order valence-electron chi connectivity index (χ3n) is 5.12. The van der Waals surface area contributed by atoms with E-state index in [-0.39, 0.29) is 11.6 Å². The van der Waals surface area contributed by atoms with E-state index in [0.29, 0.717) is 29.9 Å². The van der Waals surface area contributed by atoms with Gasteiger partial charge in [0.15, 0.2) is 0 Å². The lowest BCUT2D eigenvalue weighted by atomic mass is 10.0. The molecule has 1 N–H and O–H groups in total. The van der Waals surface area contributed by atoms with Crippen LogP contribution in [0.5, 0.6) is 5.75 Å². The molecule has 162 valence electrons. The van der Waals surface area contributed by atoms with Gasteiger partial charge in [-0.05, 0) is 44.9 Å². The molecular formula is C23H30N2O5. The first-order chi connectivity index (χ1) is 14.3. The molecule has 0 bridgehead atoms. The predicted molar refractivity (Wildman–Crippen MR) is 117 cm³/mol. The summed E-state index contributed by atoms with van der Waals surface area (Å²) in [4.78, 5) is 24.6.